The van der Waals surface area contributed by atoms with Gasteiger partial charge in [-0.25, -0.2) is 0 Å². The van der Waals surface area contributed by atoms with Gasteiger partial charge in [-0.3, -0.25) is 0 Å². The van der Waals surface area contributed by atoms with E-state index in [-0.39, 0.29) is 6.04 Å². The predicted octanol–water partition coefficient (Wildman–Crippen LogP) is 3.60. The second-order valence-corrected chi connectivity index (χ2v) is 5.78. The van der Waals surface area contributed by atoms with Crippen molar-refractivity contribution in [1.29, 1.82) is 0 Å². The van der Waals surface area contributed by atoms with Crippen molar-refractivity contribution in [3.8, 4) is 10.6 Å². The lowest BCUT2D eigenvalue weighted by Gasteiger charge is -2.06. The molecule has 3 nitrogen and oxygen atoms in total. The van der Waals surface area contributed by atoms with Crippen LogP contribution in [0.5, 0.6) is 0 Å². The quantitative estimate of drug-likeness (QED) is 0.849. The molecule has 1 atom stereocenters. The summed E-state index contributed by atoms with van der Waals surface area (Å²) < 4.78 is 0. The van der Waals surface area contributed by atoms with E-state index >= 15 is 0 Å². The molecule has 0 aliphatic heterocycles. The molecule has 0 aliphatic rings. The highest BCUT2D eigenvalue weighted by molar-refractivity contribution is 7.98. The first kappa shape index (κ1) is 13.5. The highest BCUT2D eigenvalue weighted by Gasteiger charge is 2.13. The van der Waals surface area contributed by atoms with Crippen LogP contribution in [0.1, 0.15) is 24.9 Å². The number of benzene rings is 1. The summed E-state index contributed by atoms with van der Waals surface area (Å²) in [6.45, 7) is 5.16. The zero-order valence-electron chi connectivity index (χ0n) is 10.8. The van der Waals surface area contributed by atoms with E-state index in [0.29, 0.717) is 0 Å². The second-order valence-electron chi connectivity index (χ2n) is 3.93. The molecule has 18 heavy (non-hydrogen) atoms. The first-order valence-electron chi connectivity index (χ1n) is 5.96. The van der Waals surface area contributed by atoms with E-state index in [1.165, 1.54) is 10.5 Å². The van der Waals surface area contributed by atoms with Crippen molar-refractivity contribution in [1.82, 2.24) is 15.5 Å². The number of hydrogen-bond donors (Lipinski definition) is 1. The van der Waals surface area contributed by atoms with Gasteiger partial charge in [0.05, 0.1) is 6.04 Å². The lowest BCUT2D eigenvalue weighted by Crippen LogP contribution is -2.17. The van der Waals surface area contributed by atoms with Crippen LogP contribution >= 0.6 is 23.1 Å². The maximum Gasteiger partial charge on any atom is 0.148 e. The topological polar surface area (TPSA) is 37.8 Å². The van der Waals surface area contributed by atoms with Gasteiger partial charge in [0.2, 0.25) is 0 Å². The Balaban J connectivity index is 2.29. The third-order valence-corrected chi connectivity index (χ3v) is 4.59. The van der Waals surface area contributed by atoms with Crippen LogP contribution in [0, 0.1) is 0 Å². The number of hydrogen-bond acceptors (Lipinski definition) is 5. The zero-order valence-corrected chi connectivity index (χ0v) is 12.4. The Bertz CT molecular complexity index is 510. The molecule has 0 bridgehead atoms. The Morgan fingerprint density at radius 1 is 1.33 bits per heavy atom. The molecule has 0 radical (unpaired) electrons. The highest BCUT2D eigenvalue weighted by atomic mass is 32.2. The van der Waals surface area contributed by atoms with Gasteiger partial charge in [0, 0.05) is 10.5 Å². The highest BCUT2D eigenvalue weighted by Crippen LogP contribution is 2.33. The van der Waals surface area contributed by atoms with Crippen LogP contribution in [0.4, 0.5) is 0 Å². The van der Waals surface area contributed by atoms with Crippen LogP contribution in [-0.2, 0) is 0 Å². The Morgan fingerprint density at radius 2 is 2.11 bits per heavy atom. The molecule has 1 unspecified atom stereocenters. The molecule has 1 N–H and O–H groups in total. The fraction of sp³-hybridized carbons (Fsp3) is 0.385. The maximum absolute atomic E-state index is 4.31. The van der Waals surface area contributed by atoms with Gasteiger partial charge in [0.25, 0.3) is 0 Å². The minimum absolute atomic E-state index is 0.266. The van der Waals surface area contributed by atoms with E-state index in [1.54, 1.807) is 23.1 Å². The summed E-state index contributed by atoms with van der Waals surface area (Å²) in [6.07, 6.45) is 2.09. The Morgan fingerprint density at radius 3 is 2.83 bits per heavy atom. The van der Waals surface area contributed by atoms with Gasteiger partial charge in [-0.05, 0) is 25.8 Å². The van der Waals surface area contributed by atoms with Gasteiger partial charge in [0.15, 0.2) is 0 Å². The normalized spacial score (nSPS) is 12.6. The molecule has 0 amide bonds. The van der Waals surface area contributed by atoms with E-state index in [2.05, 4.69) is 53.8 Å². The third kappa shape index (κ3) is 2.91. The first-order valence-corrected chi connectivity index (χ1v) is 8.00. The van der Waals surface area contributed by atoms with Crippen molar-refractivity contribution in [3.05, 3.63) is 29.3 Å². The molecule has 0 aliphatic carbocycles. The van der Waals surface area contributed by atoms with Crippen molar-refractivity contribution >= 4 is 23.1 Å². The molecule has 1 aromatic carbocycles. The molecule has 0 fully saturated rings. The zero-order chi connectivity index (χ0) is 13.0. The predicted molar refractivity (Wildman–Crippen MR) is 79.2 cm³/mol. The number of rotatable bonds is 5. The van der Waals surface area contributed by atoms with Gasteiger partial charge in [0.1, 0.15) is 10.0 Å². The van der Waals surface area contributed by atoms with Crippen molar-refractivity contribution in [2.75, 3.05) is 12.8 Å². The third-order valence-electron chi connectivity index (χ3n) is 2.66. The first-order chi connectivity index (χ1) is 8.76. The van der Waals surface area contributed by atoms with E-state index in [1.807, 2.05) is 6.07 Å². The minimum Gasteiger partial charge on any atom is -0.308 e. The lowest BCUT2D eigenvalue weighted by molar-refractivity contribution is 0.590. The monoisotopic (exact) mass is 279 g/mol. The van der Waals surface area contributed by atoms with Crippen LogP contribution < -0.4 is 5.32 Å². The molecule has 5 heteroatoms. The number of nitrogens with one attached hydrogen (secondary N) is 1. The van der Waals surface area contributed by atoms with Crippen molar-refractivity contribution in [2.24, 2.45) is 0 Å². The van der Waals surface area contributed by atoms with Crippen LogP contribution in [0.25, 0.3) is 10.6 Å². The summed E-state index contributed by atoms with van der Waals surface area (Å²) in [5.41, 5.74) is 1.18. The molecule has 0 saturated carbocycles. The summed E-state index contributed by atoms with van der Waals surface area (Å²) in [4.78, 5) is 1.25. The smallest absolute Gasteiger partial charge is 0.148 e. The average molecular weight is 279 g/mol. The molecule has 0 spiro atoms. The molecule has 2 aromatic rings. The summed E-state index contributed by atoms with van der Waals surface area (Å²) in [5, 5.41) is 14.0. The Labute approximate surface area is 116 Å². The number of nitrogens with zero attached hydrogens (tertiary/aromatic N) is 2. The van der Waals surface area contributed by atoms with Gasteiger partial charge >= 0.3 is 0 Å². The van der Waals surface area contributed by atoms with Gasteiger partial charge in [-0.2, -0.15) is 0 Å². The Kier molecular flexibility index (Phi) is 4.74. The van der Waals surface area contributed by atoms with E-state index in [0.717, 1.165) is 16.6 Å². The molecule has 1 aromatic heterocycles. The lowest BCUT2D eigenvalue weighted by atomic mass is 10.2. The van der Waals surface area contributed by atoms with Crippen LogP contribution in [-0.4, -0.2) is 23.0 Å². The van der Waals surface area contributed by atoms with Crippen LogP contribution in [0.15, 0.2) is 29.2 Å². The van der Waals surface area contributed by atoms with E-state index in [4.69, 9.17) is 0 Å². The summed E-state index contributed by atoms with van der Waals surface area (Å²) >= 11 is 3.41. The van der Waals surface area contributed by atoms with Crippen molar-refractivity contribution < 1.29 is 0 Å². The van der Waals surface area contributed by atoms with Gasteiger partial charge in [-0.1, -0.05) is 36.5 Å². The molecular weight excluding hydrogens is 262 g/mol. The molecular formula is C13H17N3S2. The fourth-order valence-corrected chi connectivity index (χ4v) is 3.31. The largest absolute Gasteiger partial charge is 0.308 e. The number of thioether (sulfide) groups is 1. The van der Waals surface area contributed by atoms with Crippen molar-refractivity contribution in [2.45, 2.75) is 24.8 Å². The average Bonchev–Trinajstić information content (AvgIpc) is 2.88. The number of aromatic nitrogens is 2. The molecule has 0 saturated heterocycles. The minimum atomic E-state index is 0.266. The Hall–Kier alpha value is -0.910. The summed E-state index contributed by atoms with van der Waals surface area (Å²) in [7, 11) is 0. The van der Waals surface area contributed by atoms with Crippen molar-refractivity contribution in [3.63, 3.8) is 0 Å². The molecule has 96 valence electrons. The summed E-state index contributed by atoms with van der Waals surface area (Å²) in [6, 6.07) is 8.59. The molecule has 1 heterocycles. The van der Waals surface area contributed by atoms with Crippen LogP contribution in [0.2, 0.25) is 0 Å². The standard InChI is InChI=1S/C13H17N3S2/c1-4-14-9(2)12-15-16-13(18-12)10-7-5-6-8-11(10)17-3/h5-9,14H,4H2,1-3H3. The van der Waals surface area contributed by atoms with E-state index in [9.17, 15) is 0 Å². The van der Waals surface area contributed by atoms with E-state index < -0.39 is 0 Å². The second kappa shape index (κ2) is 6.31. The maximum atomic E-state index is 4.31. The van der Waals surface area contributed by atoms with Gasteiger partial charge < -0.3 is 5.32 Å². The summed E-state index contributed by atoms with van der Waals surface area (Å²) in [5.74, 6) is 0. The molecule has 2 rings (SSSR count). The SMILES string of the molecule is CCNC(C)c1nnc(-c2ccccc2SC)s1. The van der Waals surface area contributed by atoms with Gasteiger partial charge in [-0.15, -0.1) is 22.0 Å². The fourth-order valence-electron chi connectivity index (χ4n) is 1.73. The van der Waals surface area contributed by atoms with Crippen LogP contribution in [0.3, 0.4) is 0 Å².